The van der Waals surface area contributed by atoms with Gasteiger partial charge in [-0.05, 0) is 12.8 Å². The summed E-state index contributed by atoms with van der Waals surface area (Å²) in [5.74, 6) is 0.655. The lowest BCUT2D eigenvalue weighted by Gasteiger charge is -2.10. The van der Waals surface area contributed by atoms with Gasteiger partial charge in [0, 0.05) is 44.7 Å². The summed E-state index contributed by atoms with van der Waals surface area (Å²) < 4.78 is 5.52. The molecule has 0 amide bonds. The Morgan fingerprint density at radius 1 is 1.44 bits per heavy atom. The Morgan fingerprint density at radius 3 is 2.88 bits per heavy atom. The van der Waals surface area contributed by atoms with Gasteiger partial charge in [-0.1, -0.05) is 0 Å². The van der Waals surface area contributed by atoms with Crippen molar-refractivity contribution in [3.8, 4) is 0 Å². The normalized spacial score (nSPS) is 19.9. The van der Waals surface area contributed by atoms with Crippen LogP contribution >= 0.6 is 0 Å². The van der Waals surface area contributed by atoms with Gasteiger partial charge < -0.3 is 15.4 Å². The molecule has 1 aliphatic heterocycles. The van der Waals surface area contributed by atoms with E-state index < -0.39 is 0 Å². The third-order valence-electron chi connectivity index (χ3n) is 2.65. The zero-order valence-electron chi connectivity index (χ0n) is 9.57. The van der Waals surface area contributed by atoms with Crippen LogP contribution in [0.15, 0.2) is 12.4 Å². The highest BCUT2D eigenvalue weighted by molar-refractivity contribution is 5.22. The van der Waals surface area contributed by atoms with Gasteiger partial charge in [-0.2, -0.15) is 0 Å². The summed E-state index contributed by atoms with van der Waals surface area (Å²) in [6.45, 7) is 2.62. The summed E-state index contributed by atoms with van der Waals surface area (Å²) in [6.07, 6.45) is 6.41. The van der Waals surface area contributed by atoms with Crippen molar-refractivity contribution in [2.75, 3.05) is 25.5 Å². The molecule has 2 N–H and O–H groups in total. The Bertz CT molecular complexity index is 308. The molecule has 1 aromatic rings. The second-order valence-corrected chi connectivity index (χ2v) is 3.93. The quantitative estimate of drug-likeness (QED) is 0.771. The van der Waals surface area contributed by atoms with Gasteiger partial charge in [0.15, 0.2) is 0 Å². The second-order valence-electron chi connectivity index (χ2n) is 3.93. The van der Waals surface area contributed by atoms with E-state index in [-0.39, 0.29) is 0 Å². The number of aromatic nitrogens is 2. The van der Waals surface area contributed by atoms with E-state index in [2.05, 4.69) is 20.6 Å². The number of hydrogen-bond donors (Lipinski definition) is 2. The predicted molar refractivity (Wildman–Crippen MR) is 62.3 cm³/mol. The number of nitrogens with one attached hydrogen (secondary N) is 2. The first-order valence-electron chi connectivity index (χ1n) is 5.69. The van der Waals surface area contributed by atoms with Gasteiger partial charge in [0.2, 0.25) is 5.95 Å². The molecule has 0 unspecified atom stereocenters. The third kappa shape index (κ3) is 3.15. The minimum absolute atomic E-state index is 0.387. The molecular weight excluding hydrogens is 204 g/mol. The van der Waals surface area contributed by atoms with E-state index in [1.165, 1.54) is 12.8 Å². The monoisotopic (exact) mass is 222 g/mol. The first kappa shape index (κ1) is 11.3. The maximum Gasteiger partial charge on any atom is 0.222 e. The lowest BCUT2D eigenvalue weighted by molar-refractivity contribution is 0.110. The van der Waals surface area contributed by atoms with E-state index in [0.29, 0.717) is 12.1 Å². The number of rotatable bonds is 5. The minimum atomic E-state index is 0.387. The van der Waals surface area contributed by atoms with Crippen molar-refractivity contribution in [1.82, 2.24) is 15.3 Å². The molecule has 0 radical (unpaired) electrons. The fourth-order valence-electron chi connectivity index (χ4n) is 1.76. The first-order chi connectivity index (χ1) is 7.88. The van der Waals surface area contributed by atoms with E-state index in [0.717, 1.165) is 25.3 Å². The van der Waals surface area contributed by atoms with Crippen LogP contribution in [0.1, 0.15) is 18.4 Å². The Hall–Kier alpha value is -1.20. The fraction of sp³-hybridized carbons (Fsp3) is 0.636. The molecule has 2 rings (SSSR count). The third-order valence-corrected chi connectivity index (χ3v) is 2.65. The van der Waals surface area contributed by atoms with E-state index >= 15 is 0 Å². The van der Waals surface area contributed by atoms with Gasteiger partial charge in [-0.25, -0.2) is 9.97 Å². The van der Waals surface area contributed by atoms with Gasteiger partial charge in [-0.15, -0.1) is 0 Å². The molecule has 5 nitrogen and oxygen atoms in total. The molecule has 1 aromatic heterocycles. The van der Waals surface area contributed by atoms with Crippen LogP contribution in [0.4, 0.5) is 5.95 Å². The molecule has 0 bridgehead atoms. The van der Waals surface area contributed by atoms with Crippen LogP contribution in [0.2, 0.25) is 0 Å². The Kier molecular flexibility index (Phi) is 4.07. The Balaban J connectivity index is 1.71. The topological polar surface area (TPSA) is 59.1 Å². The summed E-state index contributed by atoms with van der Waals surface area (Å²) in [5.41, 5.74) is 1.09. The van der Waals surface area contributed by atoms with Gasteiger partial charge in [0.25, 0.3) is 0 Å². The van der Waals surface area contributed by atoms with E-state index in [9.17, 15) is 0 Å². The molecule has 1 atom stereocenters. The molecule has 0 saturated carbocycles. The molecular formula is C11H18N4O. The number of hydrogen-bond acceptors (Lipinski definition) is 5. The maximum absolute atomic E-state index is 5.52. The van der Waals surface area contributed by atoms with Crippen LogP contribution in [0.25, 0.3) is 0 Å². The van der Waals surface area contributed by atoms with Gasteiger partial charge in [0.1, 0.15) is 0 Å². The molecule has 0 aromatic carbocycles. The lowest BCUT2D eigenvalue weighted by atomic mass is 10.2. The van der Waals surface area contributed by atoms with Crippen molar-refractivity contribution < 1.29 is 4.74 Å². The smallest absolute Gasteiger partial charge is 0.222 e. The highest BCUT2D eigenvalue weighted by Crippen LogP contribution is 2.10. The van der Waals surface area contributed by atoms with Crippen LogP contribution < -0.4 is 10.6 Å². The summed E-state index contributed by atoms with van der Waals surface area (Å²) >= 11 is 0. The number of ether oxygens (including phenoxy) is 1. The largest absolute Gasteiger partial charge is 0.377 e. The zero-order valence-corrected chi connectivity index (χ0v) is 9.57. The van der Waals surface area contributed by atoms with Crippen LogP contribution in [0.3, 0.4) is 0 Å². The molecule has 5 heteroatoms. The van der Waals surface area contributed by atoms with Gasteiger partial charge >= 0.3 is 0 Å². The van der Waals surface area contributed by atoms with E-state index in [1.807, 2.05) is 19.4 Å². The summed E-state index contributed by atoms with van der Waals surface area (Å²) in [6, 6.07) is 0. The van der Waals surface area contributed by atoms with Gasteiger partial charge in [-0.3, -0.25) is 0 Å². The number of nitrogens with zero attached hydrogens (tertiary/aromatic N) is 2. The standard InChI is InChI=1S/C11H18N4O/c1-12-11-14-6-9(7-15-11)5-13-8-10-3-2-4-16-10/h6-7,10,13H,2-5,8H2,1H3,(H,12,14,15)/t10-/m0/s1. The fourth-order valence-corrected chi connectivity index (χ4v) is 1.76. The molecule has 0 spiro atoms. The molecule has 1 saturated heterocycles. The maximum atomic E-state index is 5.52. The summed E-state index contributed by atoms with van der Waals surface area (Å²) in [7, 11) is 1.81. The van der Waals surface area contributed by atoms with E-state index in [4.69, 9.17) is 4.74 Å². The van der Waals surface area contributed by atoms with Crippen LogP contribution in [-0.4, -0.2) is 36.3 Å². The van der Waals surface area contributed by atoms with Crippen molar-refractivity contribution >= 4 is 5.95 Å². The van der Waals surface area contributed by atoms with Gasteiger partial charge in [0.05, 0.1) is 6.10 Å². The van der Waals surface area contributed by atoms with E-state index in [1.54, 1.807) is 0 Å². The van der Waals surface area contributed by atoms with Crippen molar-refractivity contribution in [1.29, 1.82) is 0 Å². The highest BCUT2D eigenvalue weighted by Gasteiger charge is 2.14. The molecule has 1 fully saturated rings. The average molecular weight is 222 g/mol. The molecule has 16 heavy (non-hydrogen) atoms. The van der Waals surface area contributed by atoms with Crippen LogP contribution in [0.5, 0.6) is 0 Å². The van der Waals surface area contributed by atoms with Crippen LogP contribution in [0, 0.1) is 0 Å². The zero-order chi connectivity index (χ0) is 11.2. The average Bonchev–Trinajstić information content (AvgIpc) is 2.83. The minimum Gasteiger partial charge on any atom is -0.377 e. The van der Waals surface area contributed by atoms with Crippen molar-refractivity contribution in [3.05, 3.63) is 18.0 Å². The van der Waals surface area contributed by atoms with Crippen molar-refractivity contribution in [3.63, 3.8) is 0 Å². The summed E-state index contributed by atoms with van der Waals surface area (Å²) in [5, 5.41) is 6.25. The Morgan fingerprint density at radius 2 is 2.25 bits per heavy atom. The molecule has 1 aliphatic rings. The van der Waals surface area contributed by atoms with Crippen molar-refractivity contribution in [2.45, 2.75) is 25.5 Å². The SMILES string of the molecule is CNc1ncc(CNC[C@@H]2CCCO2)cn1. The second kappa shape index (κ2) is 5.77. The predicted octanol–water partition coefficient (Wildman–Crippen LogP) is 0.787. The first-order valence-corrected chi connectivity index (χ1v) is 5.69. The van der Waals surface area contributed by atoms with Crippen LogP contribution in [-0.2, 0) is 11.3 Å². The molecule has 2 heterocycles. The molecule has 88 valence electrons. The number of anilines is 1. The summed E-state index contributed by atoms with van der Waals surface area (Å²) in [4.78, 5) is 8.31. The molecule has 0 aliphatic carbocycles. The lowest BCUT2D eigenvalue weighted by Crippen LogP contribution is -2.25. The Labute approximate surface area is 95.6 Å². The highest BCUT2D eigenvalue weighted by atomic mass is 16.5. The van der Waals surface area contributed by atoms with Crippen molar-refractivity contribution in [2.24, 2.45) is 0 Å².